The van der Waals surface area contributed by atoms with E-state index in [1.54, 1.807) is 54.7 Å². The molecule has 0 amide bonds. The van der Waals surface area contributed by atoms with Crippen molar-refractivity contribution in [1.29, 1.82) is 0 Å². The predicted octanol–water partition coefficient (Wildman–Crippen LogP) is 4.14. The van der Waals surface area contributed by atoms with Crippen LogP contribution in [-0.2, 0) is 10.2 Å². The molecule has 0 aliphatic rings. The first kappa shape index (κ1) is 15.6. The normalized spacial score (nSPS) is 11.4. The maximum atomic E-state index is 12.4. The highest BCUT2D eigenvalue weighted by Crippen LogP contribution is 2.43. The molecule has 0 atom stereocenters. The third-order valence-corrected chi connectivity index (χ3v) is 4.39. The van der Waals surface area contributed by atoms with Gasteiger partial charge in [0.25, 0.3) is 0 Å². The molecule has 4 nitrogen and oxygen atoms in total. The molecule has 2 N–H and O–H groups in total. The van der Waals surface area contributed by atoms with Gasteiger partial charge < -0.3 is 10.1 Å². The Kier molecular flexibility index (Phi) is 4.11. The Labute approximate surface area is 142 Å². The summed E-state index contributed by atoms with van der Waals surface area (Å²) in [6, 6.07) is 13.6. The number of H-pyrrole nitrogens is 1. The van der Waals surface area contributed by atoms with Crippen LogP contribution in [0.2, 0.25) is 10.0 Å². The molecule has 2 aromatic carbocycles. The van der Waals surface area contributed by atoms with Crippen LogP contribution >= 0.6 is 23.2 Å². The van der Waals surface area contributed by atoms with Crippen molar-refractivity contribution in [1.82, 2.24) is 9.97 Å². The van der Waals surface area contributed by atoms with Crippen molar-refractivity contribution in [3.63, 3.8) is 0 Å². The van der Waals surface area contributed by atoms with Crippen LogP contribution in [0.1, 0.15) is 17.0 Å². The lowest BCUT2D eigenvalue weighted by atomic mass is 9.73. The number of carbonyl (C=O) groups is 1. The number of rotatable bonds is 4. The fourth-order valence-electron chi connectivity index (χ4n) is 2.73. The summed E-state index contributed by atoms with van der Waals surface area (Å²) in [5.41, 5.74) is -0.824. The lowest BCUT2D eigenvalue weighted by molar-refractivity contribution is -0.140. The molecule has 0 unspecified atom stereocenters. The van der Waals surface area contributed by atoms with E-state index >= 15 is 0 Å². The minimum atomic E-state index is -1.62. The molecule has 23 heavy (non-hydrogen) atoms. The second-order valence-corrected chi connectivity index (χ2v) is 5.77. The van der Waals surface area contributed by atoms with E-state index in [1.807, 2.05) is 0 Å². The molecule has 0 fully saturated rings. The molecule has 1 heterocycles. The standard InChI is InChI=1S/C17H12Cl2N2O2/c18-13-7-3-1-5-11(13)17(16(22)23,15-20-9-10-21-15)12-6-2-4-8-14(12)19/h1-10H,(H,20,21)(H,22,23). The number of benzene rings is 2. The molecule has 0 radical (unpaired) electrons. The van der Waals surface area contributed by atoms with Gasteiger partial charge in [0, 0.05) is 33.6 Å². The van der Waals surface area contributed by atoms with Gasteiger partial charge >= 0.3 is 5.97 Å². The van der Waals surface area contributed by atoms with E-state index in [1.165, 1.54) is 6.20 Å². The molecular weight excluding hydrogens is 335 g/mol. The fraction of sp³-hybridized carbons (Fsp3) is 0.0588. The lowest BCUT2D eigenvalue weighted by Gasteiger charge is -2.30. The molecule has 3 rings (SSSR count). The monoisotopic (exact) mass is 346 g/mol. The van der Waals surface area contributed by atoms with E-state index in [2.05, 4.69) is 9.97 Å². The number of hydrogen-bond donors (Lipinski definition) is 2. The van der Waals surface area contributed by atoms with Crippen molar-refractivity contribution in [2.24, 2.45) is 0 Å². The van der Waals surface area contributed by atoms with Gasteiger partial charge in [-0.15, -0.1) is 0 Å². The van der Waals surface area contributed by atoms with Crippen LogP contribution in [0, 0.1) is 0 Å². The maximum Gasteiger partial charge on any atom is 0.326 e. The predicted molar refractivity (Wildman–Crippen MR) is 89.0 cm³/mol. The number of aromatic nitrogens is 2. The van der Waals surface area contributed by atoms with Crippen LogP contribution in [0.5, 0.6) is 0 Å². The van der Waals surface area contributed by atoms with Crippen molar-refractivity contribution in [2.45, 2.75) is 5.41 Å². The molecule has 0 spiro atoms. The molecule has 0 aliphatic heterocycles. The van der Waals surface area contributed by atoms with Gasteiger partial charge in [0.15, 0.2) is 5.41 Å². The van der Waals surface area contributed by atoms with Crippen LogP contribution in [0.15, 0.2) is 60.9 Å². The molecule has 3 aromatic rings. The van der Waals surface area contributed by atoms with Crippen LogP contribution in [-0.4, -0.2) is 21.0 Å². The van der Waals surface area contributed by atoms with E-state index in [0.29, 0.717) is 21.2 Å². The highest BCUT2D eigenvalue weighted by molar-refractivity contribution is 6.33. The second kappa shape index (κ2) is 6.07. The summed E-state index contributed by atoms with van der Waals surface area (Å²) in [6.45, 7) is 0. The number of hydrogen-bond acceptors (Lipinski definition) is 2. The minimum absolute atomic E-state index is 0.242. The van der Waals surface area contributed by atoms with Gasteiger partial charge in [0.1, 0.15) is 5.82 Å². The van der Waals surface area contributed by atoms with Crippen molar-refractivity contribution < 1.29 is 9.90 Å². The molecule has 116 valence electrons. The van der Waals surface area contributed by atoms with Crippen molar-refractivity contribution in [3.8, 4) is 0 Å². The minimum Gasteiger partial charge on any atom is -0.480 e. The summed E-state index contributed by atoms with van der Waals surface area (Å²) in [5, 5.41) is 10.8. The summed E-state index contributed by atoms with van der Waals surface area (Å²) in [5.74, 6) is -0.875. The highest BCUT2D eigenvalue weighted by atomic mass is 35.5. The van der Waals surface area contributed by atoms with Crippen LogP contribution in [0.3, 0.4) is 0 Å². The van der Waals surface area contributed by atoms with Crippen molar-refractivity contribution in [3.05, 3.63) is 87.9 Å². The van der Waals surface area contributed by atoms with E-state index < -0.39 is 11.4 Å². The summed E-state index contributed by atoms with van der Waals surface area (Å²) >= 11 is 12.6. The Morgan fingerprint density at radius 3 is 1.91 bits per heavy atom. The Hall–Kier alpha value is -2.30. The van der Waals surface area contributed by atoms with Gasteiger partial charge in [0.2, 0.25) is 0 Å². The summed E-state index contributed by atoms with van der Waals surface area (Å²) in [6.07, 6.45) is 3.07. The molecular formula is C17H12Cl2N2O2. The number of aliphatic carboxylic acids is 1. The molecule has 0 bridgehead atoms. The number of carboxylic acid groups (broad SMARTS) is 1. The van der Waals surface area contributed by atoms with E-state index in [0.717, 1.165) is 0 Å². The molecule has 1 aromatic heterocycles. The molecule has 6 heteroatoms. The zero-order chi connectivity index (χ0) is 16.4. The Morgan fingerprint density at radius 1 is 1.00 bits per heavy atom. The topological polar surface area (TPSA) is 66.0 Å². The van der Waals surface area contributed by atoms with Crippen LogP contribution in [0.4, 0.5) is 0 Å². The van der Waals surface area contributed by atoms with Crippen LogP contribution in [0.25, 0.3) is 0 Å². The number of nitrogens with zero attached hydrogens (tertiary/aromatic N) is 1. The molecule has 0 saturated carbocycles. The zero-order valence-corrected chi connectivity index (χ0v) is 13.3. The van der Waals surface area contributed by atoms with E-state index in [4.69, 9.17) is 23.2 Å². The first-order valence-corrected chi connectivity index (χ1v) is 7.57. The first-order chi connectivity index (χ1) is 11.1. The number of halogens is 2. The van der Waals surface area contributed by atoms with Gasteiger partial charge in [-0.05, 0) is 12.1 Å². The van der Waals surface area contributed by atoms with Gasteiger partial charge in [-0.2, -0.15) is 0 Å². The van der Waals surface area contributed by atoms with Gasteiger partial charge in [-0.3, -0.25) is 4.79 Å². The lowest BCUT2D eigenvalue weighted by Crippen LogP contribution is -2.40. The number of aromatic amines is 1. The van der Waals surface area contributed by atoms with E-state index in [9.17, 15) is 9.90 Å². The average molecular weight is 347 g/mol. The number of imidazole rings is 1. The van der Waals surface area contributed by atoms with Crippen molar-refractivity contribution in [2.75, 3.05) is 0 Å². The average Bonchev–Trinajstić information content (AvgIpc) is 3.06. The number of nitrogens with one attached hydrogen (secondary N) is 1. The van der Waals surface area contributed by atoms with Gasteiger partial charge in [-0.25, -0.2) is 4.98 Å². The maximum absolute atomic E-state index is 12.4. The zero-order valence-electron chi connectivity index (χ0n) is 11.8. The Balaban J connectivity index is 2.45. The Morgan fingerprint density at radius 2 is 1.52 bits per heavy atom. The largest absolute Gasteiger partial charge is 0.480 e. The SMILES string of the molecule is O=C(O)C(c1ncc[nH]1)(c1ccccc1Cl)c1ccccc1Cl. The summed E-state index contributed by atoms with van der Waals surface area (Å²) in [4.78, 5) is 19.5. The number of carboxylic acids is 1. The Bertz CT molecular complexity index is 802. The third-order valence-electron chi connectivity index (χ3n) is 3.73. The second-order valence-electron chi connectivity index (χ2n) is 4.95. The van der Waals surface area contributed by atoms with Crippen LogP contribution < -0.4 is 0 Å². The van der Waals surface area contributed by atoms with Gasteiger partial charge in [-0.1, -0.05) is 59.6 Å². The molecule has 0 aliphatic carbocycles. The first-order valence-electron chi connectivity index (χ1n) is 6.81. The smallest absolute Gasteiger partial charge is 0.326 e. The highest BCUT2D eigenvalue weighted by Gasteiger charge is 2.49. The van der Waals surface area contributed by atoms with Crippen molar-refractivity contribution >= 4 is 29.2 Å². The third kappa shape index (κ3) is 2.40. The quantitative estimate of drug-likeness (QED) is 0.746. The van der Waals surface area contributed by atoms with Gasteiger partial charge in [0.05, 0.1) is 0 Å². The summed E-state index contributed by atoms with van der Waals surface area (Å²) in [7, 11) is 0. The fourth-order valence-corrected chi connectivity index (χ4v) is 3.29. The summed E-state index contributed by atoms with van der Waals surface area (Å²) < 4.78 is 0. The molecule has 0 saturated heterocycles. The van der Waals surface area contributed by atoms with E-state index in [-0.39, 0.29) is 5.82 Å².